The number of benzene rings is 1. The van der Waals surface area contributed by atoms with Crippen molar-refractivity contribution >= 4 is 11.8 Å². The van der Waals surface area contributed by atoms with E-state index in [0.717, 1.165) is 31.2 Å². The summed E-state index contributed by atoms with van der Waals surface area (Å²) in [6, 6.07) is 7.26. The second-order valence-electron chi connectivity index (χ2n) is 5.06. The normalized spacial score (nSPS) is 11.8. The molecule has 0 fully saturated rings. The van der Waals surface area contributed by atoms with Crippen LogP contribution in [0.1, 0.15) is 55.5 Å². The number of hydrazine groups is 1. The molecule has 0 aliphatic rings. The number of hydrogen-bond donors (Lipinski definition) is 2. The lowest BCUT2D eigenvalue weighted by Gasteiger charge is -2.15. The molecule has 4 nitrogen and oxygen atoms in total. The molecule has 1 aromatic rings. The zero-order chi connectivity index (χ0) is 15.0. The number of hydrogen-bond acceptors (Lipinski definition) is 2. The van der Waals surface area contributed by atoms with Crippen LogP contribution in [0.5, 0.6) is 0 Å². The first-order valence-corrected chi connectivity index (χ1v) is 7.25. The number of carbonyl (C=O) groups is 2. The number of amides is 2. The van der Waals surface area contributed by atoms with E-state index in [1.54, 1.807) is 12.1 Å². The zero-order valence-electron chi connectivity index (χ0n) is 12.5. The fraction of sp³-hybridized carbons (Fsp3) is 0.500. The SMILES string of the molecule is CCCC[C@H](CC)C(=O)NNC(=O)c1cccc(C)c1. The van der Waals surface area contributed by atoms with Gasteiger partial charge in [-0.25, -0.2) is 0 Å². The average molecular weight is 276 g/mol. The van der Waals surface area contributed by atoms with E-state index in [-0.39, 0.29) is 17.7 Å². The lowest BCUT2D eigenvalue weighted by Crippen LogP contribution is -2.44. The third kappa shape index (κ3) is 5.03. The molecule has 0 saturated heterocycles. The first-order valence-electron chi connectivity index (χ1n) is 7.25. The van der Waals surface area contributed by atoms with Gasteiger partial charge >= 0.3 is 0 Å². The largest absolute Gasteiger partial charge is 0.273 e. The van der Waals surface area contributed by atoms with E-state index in [0.29, 0.717) is 5.56 Å². The molecule has 1 rings (SSSR count). The topological polar surface area (TPSA) is 58.2 Å². The van der Waals surface area contributed by atoms with E-state index in [2.05, 4.69) is 17.8 Å². The fourth-order valence-electron chi connectivity index (χ4n) is 2.05. The highest BCUT2D eigenvalue weighted by Gasteiger charge is 2.16. The number of carbonyl (C=O) groups excluding carboxylic acids is 2. The fourth-order valence-corrected chi connectivity index (χ4v) is 2.05. The summed E-state index contributed by atoms with van der Waals surface area (Å²) in [5.74, 6) is -0.429. The highest BCUT2D eigenvalue weighted by atomic mass is 16.2. The summed E-state index contributed by atoms with van der Waals surface area (Å²) in [5, 5.41) is 0. The van der Waals surface area contributed by atoms with E-state index < -0.39 is 0 Å². The summed E-state index contributed by atoms with van der Waals surface area (Å²) in [7, 11) is 0. The summed E-state index contributed by atoms with van der Waals surface area (Å²) in [6.07, 6.45) is 3.74. The quantitative estimate of drug-likeness (QED) is 0.785. The minimum atomic E-state index is -0.285. The van der Waals surface area contributed by atoms with Crippen molar-refractivity contribution in [2.45, 2.75) is 46.5 Å². The van der Waals surface area contributed by atoms with E-state index in [9.17, 15) is 9.59 Å². The molecule has 1 atom stereocenters. The lowest BCUT2D eigenvalue weighted by atomic mass is 9.99. The van der Waals surface area contributed by atoms with Crippen LogP contribution in [-0.2, 0) is 4.79 Å². The zero-order valence-corrected chi connectivity index (χ0v) is 12.5. The first kappa shape index (κ1) is 16.2. The van der Waals surface area contributed by atoms with Gasteiger partial charge in [0.2, 0.25) is 5.91 Å². The monoisotopic (exact) mass is 276 g/mol. The molecule has 0 radical (unpaired) electrons. The standard InChI is InChI=1S/C16H24N2O2/c1-4-6-9-13(5-2)15(19)17-18-16(20)14-10-7-8-12(3)11-14/h7-8,10-11,13H,4-6,9H2,1-3H3,(H,17,19)(H,18,20)/t13-/m0/s1. The molecule has 0 heterocycles. The van der Waals surface area contributed by atoms with Crippen molar-refractivity contribution in [3.8, 4) is 0 Å². The summed E-state index contributed by atoms with van der Waals surface area (Å²) in [5.41, 5.74) is 6.56. The molecule has 2 N–H and O–H groups in total. The number of rotatable bonds is 6. The second-order valence-corrected chi connectivity index (χ2v) is 5.06. The van der Waals surface area contributed by atoms with Crippen LogP contribution in [0.4, 0.5) is 0 Å². The molecule has 0 saturated carbocycles. The molecule has 0 bridgehead atoms. The van der Waals surface area contributed by atoms with Gasteiger partial charge in [-0.3, -0.25) is 20.4 Å². The number of unbranched alkanes of at least 4 members (excludes halogenated alkanes) is 1. The van der Waals surface area contributed by atoms with Gasteiger partial charge in [0.05, 0.1) is 0 Å². The average Bonchev–Trinajstić information content (AvgIpc) is 2.45. The van der Waals surface area contributed by atoms with Crippen molar-refractivity contribution in [1.82, 2.24) is 10.9 Å². The molecule has 4 heteroatoms. The van der Waals surface area contributed by atoms with Crippen molar-refractivity contribution in [2.24, 2.45) is 5.92 Å². The molecule has 0 aliphatic carbocycles. The van der Waals surface area contributed by atoms with Gasteiger partial charge in [0.25, 0.3) is 5.91 Å². The van der Waals surface area contributed by atoms with Crippen LogP contribution >= 0.6 is 0 Å². The third-order valence-electron chi connectivity index (χ3n) is 3.35. The highest BCUT2D eigenvalue weighted by Crippen LogP contribution is 2.12. The van der Waals surface area contributed by atoms with Crippen molar-refractivity contribution in [1.29, 1.82) is 0 Å². The van der Waals surface area contributed by atoms with Crippen molar-refractivity contribution < 1.29 is 9.59 Å². The minimum Gasteiger partial charge on any atom is -0.273 e. The van der Waals surface area contributed by atoms with Crippen LogP contribution in [0.3, 0.4) is 0 Å². The third-order valence-corrected chi connectivity index (χ3v) is 3.35. The molecular weight excluding hydrogens is 252 g/mol. The summed E-state index contributed by atoms with van der Waals surface area (Å²) < 4.78 is 0. The van der Waals surface area contributed by atoms with Crippen LogP contribution in [0, 0.1) is 12.8 Å². The van der Waals surface area contributed by atoms with Gasteiger partial charge in [-0.1, -0.05) is 44.4 Å². The summed E-state index contributed by atoms with van der Waals surface area (Å²) in [6.45, 7) is 6.01. The van der Waals surface area contributed by atoms with Gasteiger partial charge in [-0.05, 0) is 31.9 Å². The molecule has 110 valence electrons. The Morgan fingerprint density at radius 3 is 2.55 bits per heavy atom. The minimum absolute atomic E-state index is 0.0345. The molecule has 0 unspecified atom stereocenters. The molecule has 1 aromatic carbocycles. The van der Waals surface area contributed by atoms with Crippen molar-refractivity contribution in [2.75, 3.05) is 0 Å². The predicted molar refractivity (Wildman–Crippen MR) is 80.1 cm³/mol. The molecule has 2 amide bonds. The van der Waals surface area contributed by atoms with E-state index >= 15 is 0 Å². The second kappa shape index (κ2) is 8.35. The van der Waals surface area contributed by atoms with Gasteiger partial charge in [-0.2, -0.15) is 0 Å². The maximum atomic E-state index is 12.0. The van der Waals surface area contributed by atoms with Gasteiger partial charge in [0.15, 0.2) is 0 Å². The number of aryl methyl sites for hydroxylation is 1. The van der Waals surface area contributed by atoms with Crippen LogP contribution in [0.15, 0.2) is 24.3 Å². The van der Waals surface area contributed by atoms with Crippen LogP contribution in [-0.4, -0.2) is 11.8 Å². The van der Waals surface area contributed by atoms with Gasteiger partial charge in [-0.15, -0.1) is 0 Å². The predicted octanol–water partition coefficient (Wildman–Crippen LogP) is 2.97. The molecule has 0 spiro atoms. The van der Waals surface area contributed by atoms with E-state index in [1.807, 2.05) is 26.0 Å². The van der Waals surface area contributed by atoms with E-state index in [4.69, 9.17) is 0 Å². The Morgan fingerprint density at radius 2 is 1.95 bits per heavy atom. The maximum absolute atomic E-state index is 12.0. The highest BCUT2D eigenvalue weighted by molar-refractivity contribution is 5.95. The smallest absolute Gasteiger partial charge is 0.269 e. The summed E-state index contributed by atoms with van der Waals surface area (Å²) in [4.78, 5) is 23.9. The Bertz CT molecular complexity index is 458. The van der Waals surface area contributed by atoms with Gasteiger partial charge in [0.1, 0.15) is 0 Å². The van der Waals surface area contributed by atoms with Gasteiger partial charge in [0, 0.05) is 11.5 Å². The molecular formula is C16H24N2O2. The Balaban J connectivity index is 2.49. The van der Waals surface area contributed by atoms with Crippen LogP contribution < -0.4 is 10.9 Å². The maximum Gasteiger partial charge on any atom is 0.269 e. The van der Waals surface area contributed by atoms with Crippen LogP contribution in [0.25, 0.3) is 0 Å². The molecule has 0 aromatic heterocycles. The summed E-state index contributed by atoms with van der Waals surface area (Å²) >= 11 is 0. The van der Waals surface area contributed by atoms with E-state index in [1.165, 1.54) is 0 Å². The number of nitrogens with one attached hydrogen (secondary N) is 2. The Labute approximate surface area is 120 Å². The Morgan fingerprint density at radius 1 is 1.20 bits per heavy atom. The van der Waals surface area contributed by atoms with Crippen LogP contribution in [0.2, 0.25) is 0 Å². The molecule has 0 aliphatic heterocycles. The Kier molecular flexibility index (Phi) is 6.77. The lowest BCUT2D eigenvalue weighted by molar-refractivity contribution is -0.126. The van der Waals surface area contributed by atoms with Gasteiger partial charge < -0.3 is 0 Å². The van der Waals surface area contributed by atoms with Crippen molar-refractivity contribution in [3.63, 3.8) is 0 Å². The molecule has 20 heavy (non-hydrogen) atoms. The first-order chi connectivity index (χ1) is 9.58. The Hall–Kier alpha value is -1.84. The van der Waals surface area contributed by atoms with Crippen molar-refractivity contribution in [3.05, 3.63) is 35.4 Å².